The molecule has 1 unspecified atom stereocenters. The highest BCUT2D eigenvalue weighted by molar-refractivity contribution is 5.77. The summed E-state index contributed by atoms with van der Waals surface area (Å²) in [6.07, 6.45) is 2.32. The molecule has 2 rings (SSSR count). The van der Waals surface area contributed by atoms with Gasteiger partial charge in [-0.25, -0.2) is 0 Å². The van der Waals surface area contributed by atoms with E-state index in [0.717, 1.165) is 5.56 Å². The summed E-state index contributed by atoms with van der Waals surface area (Å²) in [5.74, 6) is -0.532. The number of rotatable bonds is 8. The van der Waals surface area contributed by atoms with Crippen LogP contribution in [0.3, 0.4) is 0 Å². The van der Waals surface area contributed by atoms with Crippen LogP contribution in [0.5, 0.6) is 5.75 Å². The number of carboxylic acids is 1. The van der Waals surface area contributed by atoms with Gasteiger partial charge in [0.2, 0.25) is 0 Å². The molecule has 0 saturated carbocycles. The van der Waals surface area contributed by atoms with Gasteiger partial charge in [-0.3, -0.25) is 0 Å². The number of aliphatic carboxylic acids is 1. The number of carbonyl (C=O) groups is 1. The van der Waals surface area contributed by atoms with Gasteiger partial charge in [-0.1, -0.05) is 12.1 Å². The predicted octanol–water partition coefficient (Wildman–Crippen LogP) is 2.98. The number of allylic oxidation sites excluding steroid dienone is 1. The molecule has 5 heteroatoms. The molecule has 0 bridgehead atoms. The minimum absolute atomic E-state index is 0.0122. The Bertz CT molecular complexity index is 820. The number of nitriles is 1. The molecule has 5 nitrogen and oxygen atoms in total. The molecule has 0 spiro atoms. The van der Waals surface area contributed by atoms with Crippen molar-refractivity contribution in [2.75, 3.05) is 5.32 Å². The largest absolute Gasteiger partial charge is 0.548 e. The highest BCUT2D eigenvalue weighted by Crippen LogP contribution is 2.27. The molecule has 0 fully saturated rings. The molecule has 2 aromatic carbocycles. The minimum Gasteiger partial charge on any atom is -0.548 e. The molecule has 0 amide bonds. The second kappa shape index (κ2) is 8.72. The fourth-order valence-corrected chi connectivity index (χ4v) is 2.55. The molecule has 0 aliphatic rings. The summed E-state index contributed by atoms with van der Waals surface area (Å²) in [6, 6.07) is 12.8. The maximum absolute atomic E-state index is 11.7. The lowest BCUT2D eigenvalue weighted by Gasteiger charge is -2.23. The molecular formula is C21H21N2O3-. The fraction of sp³-hybridized carbons (Fsp3) is 0.238. The van der Waals surface area contributed by atoms with Crippen LogP contribution in [0.1, 0.15) is 36.6 Å². The Morgan fingerprint density at radius 3 is 2.54 bits per heavy atom. The Labute approximate surface area is 153 Å². The summed E-state index contributed by atoms with van der Waals surface area (Å²) in [4.78, 5) is 11.7. The molecular weight excluding hydrogens is 328 g/mol. The lowest BCUT2D eigenvalue weighted by atomic mass is 10.0. The Morgan fingerprint density at radius 1 is 1.31 bits per heavy atom. The molecule has 134 valence electrons. The zero-order chi connectivity index (χ0) is 19.1. The van der Waals surface area contributed by atoms with Gasteiger partial charge in [0, 0.05) is 5.69 Å². The van der Waals surface area contributed by atoms with E-state index in [0.29, 0.717) is 29.0 Å². The first kappa shape index (κ1) is 19.1. The third kappa shape index (κ3) is 4.87. The van der Waals surface area contributed by atoms with Crippen molar-refractivity contribution in [3.8, 4) is 11.8 Å². The molecule has 0 aliphatic carbocycles. The van der Waals surface area contributed by atoms with Gasteiger partial charge < -0.3 is 20.0 Å². The number of ether oxygens (including phenoxy) is 1. The number of hydrogen-bond acceptors (Lipinski definition) is 5. The molecule has 26 heavy (non-hydrogen) atoms. The summed E-state index contributed by atoms with van der Waals surface area (Å²) in [6.45, 7) is 7.61. The number of nitrogens with one attached hydrogen (secondary N) is 1. The summed E-state index contributed by atoms with van der Waals surface area (Å²) < 4.78 is 5.78. The first-order valence-electron chi connectivity index (χ1n) is 8.32. The third-order valence-electron chi connectivity index (χ3n) is 3.71. The SMILES string of the molecule is C=CCc1cc(C(Nc2ccc(C#N)cc2)C(=O)[O-])ccc1OC(C)C. The summed E-state index contributed by atoms with van der Waals surface area (Å²) in [5.41, 5.74) is 2.51. The van der Waals surface area contributed by atoms with Crippen LogP contribution < -0.4 is 15.2 Å². The van der Waals surface area contributed by atoms with Crippen LogP contribution in [0.25, 0.3) is 0 Å². The molecule has 0 saturated heterocycles. The second-order valence-corrected chi connectivity index (χ2v) is 6.11. The summed E-state index contributed by atoms with van der Waals surface area (Å²) in [7, 11) is 0. The molecule has 0 aromatic heterocycles. The number of carboxylic acid groups (broad SMARTS) is 1. The zero-order valence-electron chi connectivity index (χ0n) is 14.9. The number of anilines is 1. The highest BCUT2D eigenvalue weighted by Gasteiger charge is 2.15. The van der Waals surface area contributed by atoms with Crippen molar-refractivity contribution in [3.63, 3.8) is 0 Å². The average molecular weight is 349 g/mol. The standard InChI is InChI=1S/C21H22N2O3/c1-4-5-16-12-17(8-11-19(16)26-14(2)3)20(21(24)25)23-18-9-6-15(13-22)7-10-18/h4,6-12,14,20,23H,1,5H2,2-3H3,(H,24,25)/p-1. The summed E-state index contributed by atoms with van der Waals surface area (Å²) >= 11 is 0. The van der Waals surface area contributed by atoms with Crippen LogP contribution in [-0.2, 0) is 11.2 Å². The first-order valence-corrected chi connectivity index (χ1v) is 8.32. The van der Waals surface area contributed by atoms with Crippen LogP contribution in [0, 0.1) is 11.3 Å². The van der Waals surface area contributed by atoms with Gasteiger partial charge in [-0.15, -0.1) is 6.58 Å². The second-order valence-electron chi connectivity index (χ2n) is 6.11. The molecule has 0 heterocycles. The molecule has 0 radical (unpaired) electrons. The fourth-order valence-electron chi connectivity index (χ4n) is 2.55. The van der Waals surface area contributed by atoms with Gasteiger partial charge in [-0.05, 0) is 67.8 Å². The maximum atomic E-state index is 11.7. The number of nitrogens with zero attached hydrogens (tertiary/aromatic N) is 1. The summed E-state index contributed by atoms with van der Waals surface area (Å²) in [5, 5.41) is 23.5. The van der Waals surface area contributed by atoms with Crippen molar-refractivity contribution in [2.45, 2.75) is 32.4 Å². The lowest BCUT2D eigenvalue weighted by Crippen LogP contribution is -2.34. The van der Waals surface area contributed by atoms with Crippen molar-refractivity contribution in [1.82, 2.24) is 0 Å². The van der Waals surface area contributed by atoms with E-state index < -0.39 is 12.0 Å². The van der Waals surface area contributed by atoms with Crippen LogP contribution in [0.2, 0.25) is 0 Å². The van der Waals surface area contributed by atoms with Crippen LogP contribution >= 0.6 is 0 Å². The van der Waals surface area contributed by atoms with E-state index in [-0.39, 0.29) is 6.10 Å². The van der Waals surface area contributed by atoms with Crippen molar-refractivity contribution in [1.29, 1.82) is 5.26 Å². The van der Waals surface area contributed by atoms with Crippen molar-refractivity contribution in [2.24, 2.45) is 0 Å². The van der Waals surface area contributed by atoms with Gasteiger partial charge in [0.25, 0.3) is 0 Å². The van der Waals surface area contributed by atoms with E-state index in [1.165, 1.54) is 0 Å². The zero-order valence-corrected chi connectivity index (χ0v) is 14.9. The maximum Gasteiger partial charge on any atom is 0.123 e. The highest BCUT2D eigenvalue weighted by atomic mass is 16.5. The van der Waals surface area contributed by atoms with E-state index in [1.54, 1.807) is 48.5 Å². The van der Waals surface area contributed by atoms with E-state index in [2.05, 4.69) is 11.9 Å². The minimum atomic E-state index is -1.24. The van der Waals surface area contributed by atoms with Gasteiger partial charge >= 0.3 is 0 Å². The number of benzene rings is 2. The van der Waals surface area contributed by atoms with Crippen molar-refractivity contribution in [3.05, 3.63) is 71.8 Å². The smallest absolute Gasteiger partial charge is 0.123 e. The van der Waals surface area contributed by atoms with Crippen LogP contribution in [0.4, 0.5) is 5.69 Å². The van der Waals surface area contributed by atoms with Gasteiger partial charge in [-0.2, -0.15) is 5.26 Å². The Balaban J connectivity index is 2.33. The quantitative estimate of drug-likeness (QED) is 0.741. The normalized spacial score (nSPS) is 11.5. The molecule has 1 N–H and O–H groups in total. The molecule has 2 aromatic rings. The van der Waals surface area contributed by atoms with Crippen molar-refractivity contribution < 1.29 is 14.6 Å². The van der Waals surface area contributed by atoms with E-state index in [1.807, 2.05) is 19.9 Å². The van der Waals surface area contributed by atoms with Crippen LogP contribution in [-0.4, -0.2) is 12.1 Å². The van der Waals surface area contributed by atoms with Crippen molar-refractivity contribution >= 4 is 11.7 Å². The van der Waals surface area contributed by atoms with Gasteiger partial charge in [0.1, 0.15) is 5.75 Å². The van der Waals surface area contributed by atoms with E-state index >= 15 is 0 Å². The predicted molar refractivity (Wildman–Crippen MR) is 98.6 cm³/mol. The number of carbonyl (C=O) groups excluding carboxylic acids is 1. The lowest BCUT2D eigenvalue weighted by molar-refractivity contribution is -0.307. The third-order valence-corrected chi connectivity index (χ3v) is 3.71. The number of hydrogen-bond donors (Lipinski definition) is 1. The Kier molecular flexibility index (Phi) is 6.40. The first-order chi connectivity index (χ1) is 12.4. The molecule has 1 atom stereocenters. The topological polar surface area (TPSA) is 85.2 Å². The van der Waals surface area contributed by atoms with Gasteiger partial charge in [0.05, 0.1) is 29.7 Å². The average Bonchev–Trinajstić information content (AvgIpc) is 2.61. The monoisotopic (exact) mass is 349 g/mol. The Morgan fingerprint density at radius 2 is 2.00 bits per heavy atom. The van der Waals surface area contributed by atoms with Gasteiger partial charge in [0.15, 0.2) is 0 Å². The Hall–Kier alpha value is -3.26. The van der Waals surface area contributed by atoms with E-state index in [4.69, 9.17) is 10.00 Å². The van der Waals surface area contributed by atoms with Crippen LogP contribution in [0.15, 0.2) is 55.1 Å². The molecule has 0 aliphatic heterocycles. The van der Waals surface area contributed by atoms with E-state index in [9.17, 15) is 9.90 Å².